The maximum atomic E-state index is 12.2. The molecule has 1 amide bonds. The molecule has 3 rings (SSSR count). The van der Waals surface area contributed by atoms with Gasteiger partial charge in [0, 0.05) is 36.7 Å². The Kier molecular flexibility index (Phi) is 4.89. The van der Waals surface area contributed by atoms with E-state index in [4.69, 9.17) is 0 Å². The molecule has 1 aromatic heterocycles. The van der Waals surface area contributed by atoms with Crippen LogP contribution in [0.2, 0.25) is 0 Å². The van der Waals surface area contributed by atoms with Gasteiger partial charge in [0.2, 0.25) is 17.5 Å². The minimum Gasteiger partial charge on any atom is -0.480 e. The van der Waals surface area contributed by atoms with Gasteiger partial charge in [-0.25, -0.2) is 4.79 Å². The van der Waals surface area contributed by atoms with Gasteiger partial charge in [-0.15, -0.1) is 0 Å². The first-order valence-electron chi connectivity index (χ1n) is 8.19. The average Bonchev–Trinajstić information content (AvgIpc) is 3.00. The molecule has 138 valence electrons. The molecule has 0 spiro atoms. The lowest BCUT2D eigenvalue weighted by Crippen LogP contribution is -2.41. The number of aromatic amines is 1. The summed E-state index contributed by atoms with van der Waals surface area (Å²) >= 11 is 0. The van der Waals surface area contributed by atoms with Gasteiger partial charge in [-0.05, 0) is 17.5 Å². The summed E-state index contributed by atoms with van der Waals surface area (Å²) in [6.07, 6.45) is 2.06. The van der Waals surface area contributed by atoms with Crippen LogP contribution < -0.4 is 10.6 Å². The van der Waals surface area contributed by atoms with E-state index in [1.807, 2.05) is 30.3 Å². The standard InChI is InChI=1S/C19H17N3O5/c1-10(23)20-14-8-18(25)15(9-17(14)24)22-16(19(26)27)7-12-6-11-4-2-3-5-13(11)21-12/h2-6,8-9,16,21-22H,7H2,1H3,(H,20,23)(H,26,27)/t16-/m1/s1. The Balaban J connectivity index is 1.77. The van der Waals surface area contributed by atoms with Gasteiger partial charge in [-0.2, -0.15) is 0 Å². The Bertz CT molecular complexity index is 982. The first kappa shape index (κ1) is 18.1. The predicted octanol–water partition coefficient (Wildman–Crippen LogP) is 0.809. The van der Waals surface area contributed by atoms with E-state index in [9.17, 15) is 24.3 Å². The summed E-state index contributed by atoms with van der Waals surface area (Å²) in [6, 6.07) is 8.25. The Morgan fingerprint density at radius 2 is 1.78 bits per heavy atom. The molecule has 8 nitrogen and oxygen atoms in total. The number of carboxylic acid groups (broad SMARTS) is 1. The number of rotatable bonds is 6. The van der Waals surface area contributed by atoms with Crippen LogP contribution in [0.15, 0.2) is 53.9 Å². The molecule has 0 saturated heterocycles. The van der Waals surface area contributed by atoms with Crippen LogP contribution in [-0.4, -0.2) is 39.6 Å². The van der Waals surface area contributed by atoms with E-state index in [2.05, 4.69) is 15.6 Å². The van der Waals surface area contributed by atoms with Gasteiger partial charge in [-0.3, -0.25) is 14.4 Å². The Labute approximate surface area is 153 Å². The Morgan fingerprint density at radius 1 is 1.11 bits per heavy atom. The zero-order valence-electron chi connectivity index (χ0n) is 14.4. The number of benzene rings is 1. The molecule has 0 aliphatic heterocycles. The second kappa shape index (κ2) is 7.28. The Morgan fingerprint density at radius 3 is 2.44 bits per heavy atom. The fourth-order valence-electron chi connectivity index (χ4n) is 2.81. The molecule has 1 aliphatic rings. The van der Waals surface area contributed by atoms with Crippen molar-refractivity contribution < 1.29 is 24.3 Å². The van der Waals surface area contributed by atoms with Gasteiger partial charge >= 0.3 is 5.97 Å². The number of para-hydroxylation sites is 1. The second-order valence-corrected chi connectivity index (χ2v) is 6.15. The van der Waals surface area contributed by atoms with Gasteiger partial charge < -0.3 is 20.7 Å². The molecular weight excluding hydrogens is 350 g/mol. The fourth-order valence-corrected chi connectivity index (χ4v) is 2.81. The van der Waals surface area contributed by atoms with Crippen molar-refractivity contribution in [2.75, 3.05) is 0 Å². The summed E-state index contributed by atoms with van der Waals surface area (Å²) in [5, 5.41) is 15.3. The monoisotopic (exact) mass is 367 g/mol. The molecule has 1 atom stereocenters. The molecule has 1 heterocycles. The first-order chi connectivity index (χ1) is 12.8. The van der Waals surface area contributed by atoms with E-state index in [1.54, 1.807) is 0 Å². The molecular formula is C19H17N3O5. The summed E-state index contributed by atoms with van der Waals surface area (Å²) in [5.41, 5.74) is 1.29. The zero-order valence-corrected chi connectivity index (χ0v) is 14.4. The van der Waals surface area contributed by atoms with Crippen molar-refractivity contribution in [1.29, 1.82) is 0 Å². The third kappa shape index (κ3) is 4.12. The highest BCUT2D eigenvalue weighted by molar-refractivity contribution is 6.20. The predicted molar refractivity (Wildman–Crippen MR) is 96.6 cm³/mol. The fraction of sp³-hybridized carbons (Fsp3) is 0.158. The zero-order chi connectivity index (χ0) is 19.6. The largest absolute Gasteiger partial charge is 0.480 e. The van der Waals surface area contributed by atoms with Crippen LogP contribution in [0.5, 0.6) is 0 Å². The number of ketones is 2. The lowest BCUT2D eigenvalue weighted by Gasteiger charge is -2.19. The van der Waals surface area contributed by atoms with E-state index in [0.717, 1.165) is 23.1 Å². The number of carbonyl (C=O) groups excluding carboxylic acids is 3. The summed E-state index contributed by atoms with van der Waals surface area (Å²) in [7, 11) is 0. The number of hydrogen-bond acceptors (Lipinski definition) is 5. The average molecular weight is 367 g/mol. The summed E-state index contributed by atoms with van der Waals surface area (Å²) in [4.78, 5) is 50.0. The highest BCUT2D eigenvalue weighted by Crippen LogP contribution is 2.17. The maximum absolute atomic E-state index is 12.2. The molecule has 2 aromatic rings. The number of carboxylic acids is 1. The number of H-pyrrole nitrogens is 1. The SMILES string of the molecule is CC(=O)NC1=CC(=O)C(N[C@H](Cc2cc3ccccc3[nH]2)C(=O)O)=CC1=O. The molecule has 1 aromatic carbocycles. The number of nitrogens with one attached hydrogen (secondary N) is 3. The van der Waals surface area contributed by atoms with Crippen LogP contribution in [0.25, 0.3) is 10.9 Å². The normalized spacial score (nSPS) is 15.1. The number of fused-ring (bicyclic) bond motifs is 1. The molecule has 0 radical (unpaired) electrons. The molecule has 1 aliphatic carbocycles. The van der Waals surface area contributed by atoms with E-state index in [1.165, 1.54) is 6.92 Å². The number of hydrogen-bond donors (Lipinski definition) is 4. The minimum atomic E-state index is -1.16. The van der Waals surface area contributed by atoms with Crippen molar-refractivity contribution in [1.82, 2.24) is 15.6 Å². The lowest BCUT2D eigenvalue weighted by molar-refractivity contribution is -0.139. The molecule has 0 bridgehead atoms. The smallest absolute Gasteiger partial charge is 0.326 e. The van der Waals surface area contributed by atoms with Crippen molar-refractivity contribution in [3.05, 3.63) is 59.6 Å². The van der Waals surface area contributed by atoms with Crippen molar-refractivity contribution in [2.24, 2.45) is 0 Å². The summed E-state index contributed by atoms with van der Waals surface area (Å²) in [5.74, 6) is -2.80. The highest BCUT2D eigenvalue weighted by atomic mass is 16.4. The van der Waals surface area contributed by atoms with Crippen LogP contribution in [0.4, 0.5) is 0 Å². The van der Waals surface area contributed by atoms with Crippen LogP contribution in [0.1, 0.15) is 12.6 Å². The topological polar surface area (TPSA) is 128 Å². The van der Waals surface area contributed by atoms with E-state index in [0.29, 0.717) is 5.69 Å². The van der Waals surface area contributed by atoms with Crippen LogP contribution in [0.3, 0.4) is 0 Å². The van der Waals surface area contributed by atoms with E-state index < -0.39 is 29.5 Å². The third-order valence-electron chi connectivity index (χ3n) is 4.03. The van der Waals surface area contributed by atoms with Crippen molar-refractivity contribution in [3.63, 3.8) is 0 Å². The first-order valence-corrected chi connectivity index (χ1v) is 8.19. The number of aliphatic carboxylic acids is 1. The molecule has 0 unspecified atom stereocenters. The number of aromatic nitrogens is 1. The molecule has 4 N–H and O–H groups in total. The third-order valence-corrected chi connectivity index (χ3v) is 4.03. The van der Waals surface area contributed by atoms with Gasteiger partial charge in [0.25, 0.3) is 0 Å². The number of carbonyl (C=O) groups is 4. The van der Waals surface area contributed by atoms with E-state index in [-0.39, 0.29) is 17.8 Å². The van der Waals surface area contributed by atoms with Crippen molar-refractivity contribution >= 4 is 34.3 Å². The lowest BCUT2D eigenvalue weighted by atomic mass is 10.0. The van der Waals surface area contributed by atoms with Gasteiger partial charge in [0.05, 0.1) is 11.4 Å². The van der Waals surface area contributed by atoms with Crippen molar-refractivity contribution in [3.8, 4) is 0 Å². The van der Waals surface area contributed by atoms with Crippen LogP contribution >= 0.6 is 0 Å². The summed E-state index contributed by atoms with van der Waals surface area (Å²) < 4.78 is 0. The van der Waals surface area contributed by atoms with Crippen LogP contribution in [-0.2, 0) is 25.6 Å². The van der Waals surface area contributed by atoms with Crippen molar-refractivity contribution in [2.45, 2.75) is 19.4 Å². The summed E-state index contributed by atoms with van der Waals surface area (Å²) in [6.45, 7) is 1.22. The quantitative estimate of drug-likeness (QED) is 0.559. The van der Waals surface area contributed by atoms with Crippen LogP contribution in [0, 0.1) is 0 Å². The molecule has 8 heteroatoms. The second-order valence-electron chi connectivity index (χ2n) is 6.15. The van der Waals surface area contributed by atoms with Gasteiger partial charge in [0.1, 0.15) is 6.04 Å². The molecule has 0 saturated carbocycles. The Hall–Kier alpha value is -3.68. The highest BCUT2D eigenvalue weighted by Gasteiger charge is 2.26. The minimum absolute atomic E-state index is 0.0884. The van der Waals surface area contributed by atoms with Gasteiger partial charge in [0.15, 0.2) is 0 Å². The molecule has 27 heavy (non-hydrogen) atoms. The molecule has 0 fully saturated rings. The van der Waals surface area contributed by atoms with Gasteiger partial charge in [-0.1, -0.05) is 18.2 Å². The maximum Gasteiger partial charge on any atom is 0.326 e. The number of amides is 1. The van der Waals surface area contributed by atoms with E-state index >= 15 is 0 Å². The number of allylic oxidation sites excluding steroid dienone is 2.